The lowest BCUT2D eigenvalue weighted by Crippen LogP contribution is -2.29. The summed E-state index contributed by atoms with van der Waals surface area (Å²) in [5, 5.41) is 8.84. The summed E-state index contributed by atoms with van der Waals surface area (Å²) in [4.78, 5) is 0.277. The molecule has 0 radical (unpaired) electrons. The third kappa shape index (κ3) is 4.46. The van der Waals surface area contributed by atoms with Crippen LogP contribution in [0.25, 0.3) is 0 Å². The molecule has 0 aliphatic rings. The van der Waals surface area contributed by atoms with Crippen molar-refractivity contribution in [3.63, 3.8) is 0 Å². The van der Waals surface area contributed by atoms with Gasteiger partial charge in [-0.15, -0.1) is 0 Å². The van der Waals surface area contributed by atoms with Gasteiger partial charge in [0.2, 0.25) is 10.0 Å². The minimum absolute atomic E-state index is 0.0889. The van der Waals surface area contributed by atoms with Gasteiger partial charge in [-0.1, -0.05) is 31.5 Å². The third-order valence-corrected chi connectivity index (χ3v) is 4.17. The van der Waals surface area contributed by atoms with E-state index >= 15 is 0 Å². The van der Waals surface area contributed by atoms with Crippen molar-refractivity contribution in [1.29, 1.82) is 0 Å². The zero-order chi connectivity index (χ0) is 12.7. The van der Waals surface area contributed by atoms with Gasteiger partial charge in [0.25, 0.3) is 0 Å². The molecule has 1 unspecified atom stereocenters. The van der Waals surface area contributed by atoms with Gasteiger partial charge in [0.1, 0.15) is 0 Å². The van der Waals surface area contributed by atoms with Crippen molar-refractivity contribution in [2.24, 2.45) is 5.92 Å². The van der Waals surface area contributed by atoms with Crippen LogP contribution in [0.1, 0.15) is 19.8 Å². The normalized spacial score (nSPS) is 13.5. The number of benzene rings is 1. The first kappa shape index (κ1) is 14.2. The lowest BCUT2D eigenvalue weighted by atomic mass is 10.0. The fourth-order valence-corrected chi connectivity index (χ4v) is 2.68. The monoisotopic (exact) mass is 257 g/mol. The highest BCUT2D eigenvalue weighted by molar-refractivity contribution is 7.89. The van der Waals surface area contributed by atoms with Crippen LogP contribution in [-0.4, -0.2) is 26.7 Å². The third-order valence-electron chi connectivity index (χ3n) is 2.73. The van der Waals surface area contributed by atoms with Crippen LogP contribution in [-0.2, 0) is 10.0 Å². The van der Waals surface area contributed by atoms with Crippen molar-refractivity contribution in [2.75, 3.05) is 13.2 Å². The molecule has 1 aromatic rings. The molecule has 0 saturated heterocycles. The van der Waals surface area contributed by atoms with Crippen molar-refractivity contribution in [3.8, 4) is 0 Å². The molecule has 0 spiro atoms. The molecule has 4 nitrogen and oxygen atoms in total. The Kier molecular flexibility index (Phi) is 5.61. The Morgan fingerprint density at radius 2 is 1.94 bits per heavy atom. The predicted molar refractivity (Wildman–Crippen MR) is 67.1 cm³/mol. The van der Waals surface area contributed by atoms with Gasteiger partial charge >= 0.3 is 0 Å². The highest BCUT2D eigenvalue weighted by Crippen LogP contribution is 2.10. The summed E-state index contributed by atoms with van der Waals surface area (Å²) in [7, 11) is -3.42. The van der Waals surface area contributed by atoms with Crippen molar-refractivity contribution >= 4 is 10.0 Å². The van der Waals surface area contributed by atoms with Crippen LogP contribution in [0, 0.1) is 5.92 Å². The molecule has 0 aromatic heterocycles. The Balaban J connectivity index is 2.62. The number of sulfonamides is 1. The summed E-state index contributed by atoms with van der Waals surface area (Å²) in [5.41, 5.74) is 0. The van der Waals surface area contributed by atoms with Crippen LogP contribution < -0.4 is 4.72 Å². The molecule has 1 atom stereocenters. The molecule has 0 amide bonds. The van der Waals surface area contributed by atoms with Gasteiger partial charge in [0, 0.05) is 13.2 Å². The molecule has 0 fully saturated rings. The van der Waals surface area contributed by atoms with Crippen molar-refractivity contribution in [1.82, 2.24) is 4.72 Å². The quantitative estimate of drug-likeness (QED) is 0.775. The summed E-state index contributed by atoms with van der Waals surface area (Å²) < 4.78 is 26.3. The SMILES string of the molecule is CCC(CCO)CNS(=O)(=O)c1ccccc1. The van der Waals surface area contributed by atoms with E-state index in [9.17, 15) is 8.42 Å². The van der Waals surface area contributed by atoms with E-state index in [1.807, 2.05) is 6.92 Å². The van der Waals surface area contributed by atoms with Crippen molar-refractivity contribution < 1.29 is 13.5 Å². The van der Waals surface area contributed by atoms with Gasteiger partial charge in [0.15, 0.2) is 0 Å². The van der Waals surface area contributed by atoms with Crippen LogP contribution in [0.5, 0.6) is 0 Å². The van der Waals surface area contributed by atoms with Gasteiger partial charge in [0.05, 0.1) is 4.90 Å². The molecule has 0 aliphatic heterocycles. The van der Waals surface area contributed by atoms with Gasteiger partial charge in [-0.05, 0) is 24.5 Å². The standard InChI is InChI=1S/C12H19NO3S/c1-2-11(8-9-14)10-13-17(15,16)12-6-4-3-5-7-12/h3-7,11,13-14H,2,8-10H2,1H3. The maximum absolute atomic E-state index is 11.9. The van der Waals surface area contributed by atoms with E-state index in [-0.39, 0.29) is 17.4 Å². The van der Waals surface area contributed by atoms with E-state index < -0.39 is 10.0 Å². The van der Waals surface area contributed by atoms with Crippen LogP contribution in [0.4, 0.5) is 0 Å². The molecule has 96 valence electrons. The lowest BCUT2D eigenvalue weighted by Gasteiger charge is -2.14. The second-order valence-electron chi connectivity index (χ2n) is 3.95. The molecule has 0 heterocycles. The van der Waals surface area contributed by atoms with Gasteiger partial charge in [-0.2, -0.15) is 0 Å². The number of hydrogen-bond donors (Lipinski definition) is 2. The number of hydrogen-bond acceptors (Lipinski definition) is 3. The summed E-state index contributed by atoms with van der Waals surface area (Å²) in [6, 6.07) is 8.30. The number of aliphatic hydroxyl groups is 1. The largest absolute Gasteiger partial charge is 0.396 e. The van der Waals surface area contributed by atoms with Gasteiger partial charge in [-0.3, -0.25) is 0 Å². The van der Waals surface area contributed by atoms with Crippen LogP contribution in [0.15, 0.2) is 35.2 Å². The minimum Gasteiger partial charge on any atom is -0.396 e. The van der Waals surface area contributed by atoms with E-state index in [4.69, 9.17) is 5.11 Å². The average Bonchev–Trinajstić information content (AvgIpc) is 2.35. The van der Waals surface area contributed by atoms with E-state index in [0.29, 0.717) is 13.0 Å². The molecule has 1 aromatic carbocycles. The minimum atomic E-state index is -3.42. The average molecular weight is 257 g/mol. The number of nitrogens with one attached hydrogen (secondary N) is 1. The summed E-state index contributed by atoms with van der Waals surface area (Å²) >= 11 is 0. The fraction of sp³-hybridized carbons (Fsp3) is 0.500. The second kappa shape index (κ2) is 6.74. The van der Waals surface area contributed by atoms with Crippen molar-refractivity contribution in [3.05, 3.63) is 30.3 Å². The fourth-order valence-electron chi connectivity index (χ4n) is 1.54. The Hall–Kier alpha value is -0.910. The molecular formula is C12H19NO3S. The molecule has 0 saturated carbocycles. The Labute approximate surface area is 103 Å². The van der Waals surface area contributed by atoms with Crippen molar-refractivity contribution in [2.45, 2.75) is 24.7 Å². The summed E-state index contributed by atoms with van der Waals surface area (Å²) in [6.45, 7) is 2.44. The predicted octanol–water partition coefficient (Wildman–Crippen LogP) is 1.37. The first-order chi connectivity index (χ1) is 8.10. The van der Waals surface area contributed by atoms with E-state index in [1.54, 1.807) is 30.3 Å². The van der Waals surface area contributed by atoms with Crippen LogP contribution in [0.2, 0.25) is 0 Å². The molecular weight excluding hydrogens is 238 g/mol. The first-order valence-electron chi connectivity index (χ1n) is 5.75. The zero-order valence-corrected chi connectivity index (χ0v) is 10.8. The summed E-state index contributed by atoms with van der Waals surface area (Å²) in [6.07, 6.45) is 1.46. The highest BCUT2D eigenvalue weighted by Gasteiger charge is 2.15. The number of aliphatic hydroxyl groups excluding tert-OH is 1. The zero-order valence-electron chi connectivity index (χ0n) is 9.96. The maximum Gasteiger partial charge on any atom is 0.240 e. The summed E-state index contributed by atoms with van der Waals surface area (Å²) in [5.74, 6) is 0.179. The second-order valence-corrected chi connectivity index (χ2v) is 5.72. The van der Waals surface area contributed by atoms with Crippen LogP contribution >= 0.6 is 0 Å². The Morgan fingerprint density at radius 3 is 2.47 bits per heavy atom. The molecule has 0 aliphatic carbocycles. The Bertz CT molecular complexity index is 417. The molecule has 1 rings (SSSR count). The number of rotatable bonds is 7. The highest BCUT2D eigenvalue weighted by atomic mass is 32.2. The Morgan fingerprint density at radius 1 is 1.29 bits per heavy atom. The smallest absolute Gasteiger partial charge is 0.240 e. The lowest BCUT2D eigenvalue weighted by molar-refractivity contribution is 0.254. The topological polar surface area (TPSA) is 66.4 Å². The van der Waals surface area contributed by atoms with Gasteiger partial charge < -0.3 is 5.11 Å². The van der Waals surface area contributed by atoms with E-state index in [0.717, 1.165) is 6.42 Å². The first-order valence-corrected chi connectivity index (χ1v) is 7.24. The van der Waals surface area contributed by atoms with Crippen LogP contribution in [0.3, 0.4) is 0 Å². The maximum atomic E-state index is 11.9. The molecule has 0 bridgehead atoms. The van der Waals surface area contributed by atoms with E-state index in [2.05, 4.69) is 4.72 Å². The molecule has 17 heavy (non-hydrogen) atoms. The van der Waals surface area contributed by atoms with E-state index in [1.165, 1.54) is 0 Å². The molecule has 5 heteroatoms. The van der Waals surface area contributed by atoms with Gasteiger partial charge in [-0.25, -0.2) is 13.1 Å². The molecule has 2 N–H and O–H groups in total.